The molecule has 24 heavy (non-hydrogen) atoms. The number of aliphatic hydroxyl groups excluding tert-OH is 1. The number of hydrogen-bond acceptors (Lipinski definition) is 3. The normalized spacial score (nSPS) is 33.5. The van der Waals surface area contributed by atoms with Gasteiger partial charge in [0.05, 0.1) is 31.8 Å². The molecule has 0 aromatic heterocycles. The lowest BCUT2D eigenvalue weighted by atomic mass is 9.94. The fourth-order valence-corrected chi connectivity index (χ4v) is 4.82. The number of rotatable bonds is 5. The van der Waals surface area contributed by atoms with Gasteiger partial charge in [-0.3, -0.25) is 4.79 Å². The lowest BCUT2D eigenvalue weighted by Crippen LogP contribution is -2.62. The second kappa shape index (κ2) is 6.85. The maximum atomic E-state index is 12.6. The van der Waals surface area contributed by atoms with Crippen LogP contribution < -0.4 is 0 Å². The van der Waals surface area contributed by atoms with Gasteiger partial charge in [0.25, 0.3) is 0 Å². The molecule has 0 saturated carbocycles. The third-order valence-electron chi connectivity index (χ3n) is 6.54. The van der Waals surface area contributed by atoms with E-state index >= 15 is 0 Å². The summed E-state index contributed by atoms with van der Waals surface area (Å²) in [5.74, 6) is -0.856. The number of benzene rings is 1. The highest BCUT2D eigenvalue weighted by atomic mass is 16.5. The van der Waals surface area contributed by atoms with Crippen LogP contribution in [-0.4, -0.2) is 53.4 Å². The molecule has 3 atom stereocenters. The maximum Gasteiger partial charge on any atom is 0.316 e. The molecule has 0 aliphatic carbocycles. The molecule has 4 nitrogen and oxygen atoms in total. The molecule has 0 spiro atoms. The molecule has 2 bridgehead atoms. The number of nitrogens with zero attached hydrogens (tertiary/aromatic N) is 1. The van der Waals surface area contributed by atoms with E-state index in [4.69, 9.17) is 4.74 Å². The Morgan fingerprint density at radius 3 is 2.29 bits per heavy atom. The largest absolute Gasteiger partial charge is 0.461 e. The van der Waals surface area contributed by atoms with Gasteiger partial charge in [-0.2, -0.15) is 0 Å². The molecular weight excluding hydrogens is 302 g/mol. The number of carbonyl (C=O) groups is 1. The lowest BCUT2D eigenvalue weighted by Gasteiger charge is -2.49. The minimum Gasteiger partial charge on any atom is -0.461 e. The van der Waals surface area contributed by atoms with E-state index in [0.29, 0.717) is 18.1 Å². The minimum absolute atomic E-state index is 0.00212. The van der Waals surface area contributed by atoms with Crippen molar-refractivity contribution in [1.82, 2.24) is 0 Å². The third kappa shape index (κ3) is 2.98. The van der Waals surface area contributed by atoms with Gasteiger partial charge in [0.2, 0.25) is 0 Å². The number of fused-ring (bicyclic) bond motifs is 2. The number of piperidine rings is 1. The summed E-state index contributed by atoms with van der Waals surface area (Å²) in [5, 5.41) is 9.65. The Morgan fingerprint density at radius 1 is 1.21 bits per heavy atom. The Morgan fingerprint density at radius 2 is 1.79 bits per heavy atom. The zero-order valence-electron chi connectivity index (χ0n) is 15.0. The highest BCUT2D eigenvalue weighted by Gasteiger charge is 2.53. The Bertz CT molecular complexity index is 558. The molecule has 2 saturated heterocycles. The van der Waals surface area contributed by atoms with Crippen molar-refractivity contribution in [2.24, 2.45) is 0 Å². The Hall–Kier alpha value is -1.39. The van der Waals surface area contributed by atoms with Gasteiger partial charge in [0.1, 0.15) is 12.0 Å². The van der Waals surface area contributed by atoms with Gasteiger partial charge in [-0.15, -0.1) is 0 Å². The van der Waals surface area contributed by atoms with Crippen LogP contribution in [0.2, 0.25) is 0 Å². The average Bonchev–Trinajstić information content (AvgIpc) is 2.74. The topological polar surface area (TPSA) is 46.5 Å². The number of carbonyl (C=O) groups excluding carboxylic acids is 1. The van der Waals surface area contributed by atoms with Crippen molar-refractivity contribution in [1.29, 1.82) is 0 Å². The summed E-state index contributed by atoms with van der Waals surface area (Å²) in [6, 6.07) is 11.2. The molecule has 4 heteroatoms. The Kier molecular flexibility index (Phi) is 4.97. The van der Waals surface area contributed by atoms with Gasteiger partial charge in [0.15, 0.2) is 0 Å². The molecule has 2 aliphatic rings. The smallest absolute Gasteiger partial charge is 0.316 e. The minimum atomic E-state index is -0.572. The first-order valence-electron chi connectivity index (χ1n) is 9.18. The fraction of sp³-hybridized carbons (Fsp3) is 0.650. The molecule has 1 unspecified atom stereocenters. The van der Waals surface area contributed by atoms with Crippen LogP contribution in [0.3, 0.4) is 0 Å². The summed E-state index contributed by atoms with van der Waals surface area (Å²) in [4.78, 5) is 12.6. The second-order valence-electron chi connectivity index (χ2n) is 7.88. The van der Waals surface area contributed by atoms with Gasteiger partial charge < -0.3 is 14.3 Å². The van der Waals surface area contributed by atoms with E-state index < -0.39 is 5.92 Å². The molecule has 1 aromatic carbocycles. The average molecular weight is 332 g/mol. The summed E-state index contributed by atoms with van der Waals surface area (Å²) < 4.78 is 6.96. The molecule has 2 heterocycles. The Labute approximate surface area is 145 Å². The molecule has 2 aliphatic heterocycles. The van der Waals surface area contributed by atoms with Crippen molar-refractivity contribution in [2.75, 3.05) is 13.7 Å². The van der Waals surface area contributed by atoms with Crippen molar-refractivity contribution < 1.29 is 19.1 Å². The van der Waals surface area contributed by atoms with Crippen molar-refractivity contribution >= 4 is 5.97 Å². The van der Waals surface area contributed by atoms with E-state index in [-0.39, 0.29) is 18.7 Å². The summed E-state index contributed by atoms with van der Waals surface area (Å²) >= 11 is 0. The van der Waals surface area contributed by atoms with Crippen LogP contribution in [0.1, 0.15) is 51.0 Å². The third-order valence-corrected chi connectivity index (χ3v) is 6.54. The number of quaternary nitrogens is 1. The van der Waals surface area contributed by atoms with Crippen LogP contribution in [0.5, 0.6) is 0 Å². The lowest BCUT2D eigenvalue weighted by molar-refractivity contribution is -0.968. The van der Waals surface area contributed by atoms with Crippen molar-refractivity contribution in [2.45, 2.75) is 69.7 Å². The van der Waals surface area contributed by atoms with E-state index in [0.717, 1.165) is 22.9 Å². The highest BCUT2D eigenvalue weighted by molar-refractivity contribution is 5.78. The van der Waals surface area contributed by atoms with Crippen molar-refractivity contribution in [3.8, 4) is 0 Å². The molecular formula is C20H30NO3+. The van der Waals surface area contributed by atoms with Crippen molar-refractivity contribution in [3.63, 3.8) is 0 Å². The number of hydrogen-bond donors (Lipinski definition) is 1. The van der Waals surface area contributed by atoms with Gasteiger partial charge >= 0.3 is 5.97 Å². The monoisotopic (exact) mass is 332 g/mol. The van der Waals surface area contributed by atoms with Crippen LogP contribution in [0, 0.1) is 0 Å². The van der Waals surface area contributed by atoms with E-state index in [1.54, 1.807) is 0 Å². The van der Waals surface area contributed by atoms with Crippen LogP contribution in [0.25, 0.3) is 0 Å². The quantitative estimate of drug-likeness (QED) is 0.666. The number of aliphatic hydroxyl groups is 1. The van der Waals surface area contributed by atoms with Gasteiger partial charge in [-0.1, -0.05) is 30.3 Å². The van der Waals surface area contributed by atoms with Gasteiger partial charge in [-0.25, -0.2) is 0 Å². The van der Waals surface area contributed by atoms with Crippen molar-refractivity contribution in [3.05, 3.63) is 35.9 Å². The second-order valence-corrected chi connectivity index (χ2v) is 7.88. The fourth-order valence-electron chi connectivity index (χ4n) is 4.82. The molecule has 132 valence electrons. The zero-order chi connectivity index (χ0) is 17.3. The van der Waals surface area contributed by atoms with E-state index in [9.17, 15) is 9.90 Å². The van der Waals surface area contributed by atoms with E-state index in [1.807, 2.05) is 30.3 Å². The predicted octanol–water partition coefficient (Wildman–Crippen LogP) is 2.85. The van der Waals surface area contributed by atoms with Crippen LogP contribution in [-0.2, 0) is 9.53 Å². The Balaban J connectivity index is 1.66. The van der Waals surface area contributed by atoms with Crippen LogP contribution in [0.4, 0.5) is 0 Å². The summed E-state index contributed by atoms with van der Waals surface area (Å²) in [6.45, 7) is 4.39. The molecule has 1 N–H and O–H groups in total. The predicted molar refractivity (Wildman–Crippen MR) is 93.5 cm³/mol. The summed E-state index contributed by atoms with van der Waals surface area (Å²) in [7, 11) is 2.37. The van der Waals surface area contributed by atoms with Gasteiger partial charge in [-0.05, 0) is 19.4 Å². The van der Waals surface area contributed by atoms with Gasteiger partial charge in [0, 0.05) is 25.7 Å². The maximum absolute atomic E-state index is 12.6. The summed E-state index contributed by atoms with van der Waals surface area (Å²) in [5.41, 5.74) is 0.826. The first-order valence-corrected chi connectivity index (χ1v) is 9.18. The summed E-state index contributed by atoms with van der Waals surface area (Å²) in [6.07, 6.45) is 4.36. The SMILES string of the molecule is CC(C)[N+]1(C)[C@H]2CC[C@H]1CC(OC(=O)C(CO)c1ccccc1)C2. The first-order chi connectivity index (χ1) is 11.5. The zero-order valence-corrected chi connectivity index (χ0v) is 15.0. The van der Waals surface area contributed by atoms with Crippen LogP contribution in [0.15, 0.2) is 30.3 Å². The molecule has 3 rings (SSSR count). The molecule has 2 fully saturated rings. The number of ether oxygens (including phenoxy) is 1. The standard InChI is InChI=1S/C20H30NO3/c1-14(2)21(3)16-9-10-17(21)12-18(11-16)24-20(23)19(13-22)15-7-5-4-6-8-15/h4-8,14,16-19,22H,9-13H2,1-3H3/q+1/t16-,17-,18?,19?,21?/m0/s1. The van der Waals surface area contributed by atoms with E-state index in [1.165, 1.54) is 12.8 Å². The molecule has 0 amide bonds. The molecule has 0 radical (unpaired) electrons. The van der Waals surface area contributed by atoms with Crippen LogP contribution >= 0.6 is 0 Å². The first kappa shape index (κ1) is 17.4. The number of esters is 1. The van der Waals surface area contributed by atoms with E-state index in [2.05, 4.69) is 20.9 Å². The molecule has 1 aromatic rings. The highest BCUT2D eigenvalue weighted by Crippen LogP contribution is 2.44.